The predicted molar refractivity (Wildman–Crippen MR) is 115 cm³/mol. The van der Waals surface area contributed by atoms with Gasteiger partial charge in [-0.25, -0.2) is 0 Å². The Morgan fingerprint density at radius 2 is 1.50 bits per heavy atom. The molecule has 0 unspecified atom stereocenters. The van der Waals surface area contributed by atoms with Gasteiger partial charge in [0.2, 0.25) is 0 Å². The summed E-state index contributed by atoms with van der Waals surface area (Å²) in [6, 6.07) is 27.1. The lowest BCUT2D eigenvalue weighted by atomic mass is 9.62. The van der Waals surface area contributed by atoms with E-state index in [0.29, 0.717) is 17.8 Å². The number of fused-ring (bicyclic) bond motifs is 2. The molecular formula is C27H28O. The Hall–Kier alpha value is -2.38. The number of rotatable bonds is 2. The number of ether oxygens (including phenoxy) is 1. The molecule has 28 heavy (non-hydrogen) atoms. The molecule has 0 bridgehead atoms. The van der Waals surface area contributed by atoms with Crippen molar-refractivity contribution in [1.29, 1.82) is 0 Å². The zero-order valence-electron chi connectivity index (χ0n) is 16.8. The van der Waals surface area contributed by atoms with Crippen LogP contribution in [0.5, 0.6) is 0 Å². The summed E-state index contributed by atoms with van der Waals surface area (Å²) in [5.74, 6) is 1.54. The van der Waals surface area contributed by atoms with Crippen molar-refractivity contribution in [2.75, 3.05) is 6.61 Å². The lowest BCUT2D eigenvalue weighted by Crippen LogP contribution is -2.40. The van der Waals surface area contributed by atoms with Gasteiger partial charge < -0.3 is 4.74 Å². The summed E-state index contributed by atoms with van der Waals surface area (Å²) in [4.78, 5) is 0. The molecule has 0 amide bonds. The van der Waals surface area contributed by atoms with E-state index in [4.69, 9.17) is 4.74 Å². The van der Waals surface area contributed by atoms with E-state index in [1.807, 2.05) is 0 Å². The monoisotopic (exact) mass is 368 g/mol. The number of hydrogen-bond acceptors (Lipinski definition) is 1. The second-order valence-corrected chi connectivity index (χ2v) is 8.63. The van der Waals surface area contributed by atoms with Crippen molar-refractivity contribution in [2.45, 2.75) is 38.7 Å². The van der Waals surface area contributed by atoms with Crippen molar-refractivity contribution < 1.29 is 4.74 Å². The maximum Gasteiger partial charge on any atom is 0.0865 e. The lowest BCUT2D eigenvalue weighted by molar-refractivity contribution is -0.0686. The average Bonchev–Trinajstić information content (AvgIpc) is 2.71. The summed E-state index contributed by atoms with van der Waals surface area (Å²) < 4.78 is 6.51. The Morgan fingerprint density at radius 3 is 2.29 bits per heavy atom. The summed E-state index contributed by atoms with van der Waals surface area (Å²) >= 11 is 0. The Morgan fingerprint density at radius 1 is 0.786 bits per heavy atom. The first kappa shape index (κ1) is 17.7. The summed E-state index contributed by atoms with van der Waals surface area (Å²) in [6.45, 7) is 5.26. The number of benzene rings is 3. The smallest absolute Gasteiger partial charge is 0.0865 e. The highest BCUT2D eigenvalue weighted by molar-refractivity contribution is 5.43. The maximum absolute atomic E-state index is 6.51. The number of aryl methyl sites for hydroxylation is 2. The van der Waals surface area contributed by atoms with Crippen molar-refractivity contribution in [1.82, 2.24) is 0 Å². The molecule has 142 valence electrons. The quantitative estimate of drug-likeness (QED) is 0.509. The highest BCUT2D eigenvalue weighted by atomic mass is 16.5. The SMILES string of the molecule is Cc1cc(C)cc([C@@H]2OCC[C@@H]3Cc4ccccc4[C@H](c4ccccc4)[C@H]32)c1. The van der Waals surface area contributed by atoms with E-state index in [9.17, 15) is 0 Å². The Bertz CT molecular complexity index is 954. The minimum atomic E-state index is 0.163. The van der Waals surface area contributed by atoms with Crippen molar-refractivity contribution >= 4 is 0 Å². The fraction of sp³-hybridized carbons (Fsp3) is 0.333. The van der Waals surface area contributed by atoms with Crippen LogP contribution in [0, 0.1) is 25.7 Å². The van der Waals surface area contributed by atoms with Gasteiger partial charge in [-0.1, -0.05) is 83.9 Å². The van der Waals surface area contributed by atoms with Crippen LogP contribution in [0.1, 0.15) is 51.8 Å². The van der Waals surface area contributed by atoms with Gasteiger partial charge in [0.05, 0.1) is 6.10 Å². The minimum Gasteiger partial charge on any atom is -0.373 e. The first-order chi connectivity index (χ1) is 13.7. The molecule has 5 rings (SSSR count). The first-order valence-electron chi connectivity index (χ1n) is 10.5. The second kappa shape index (κ2) is 7.22. The van der Waals surface area contributed by atoms with Crippen LogP contribution in [-0.4, -0.2) is 6.61 Å². The van der Waals surface area contributed by atoms with Crippen LogP contribution in [0.15, 0.2) is 72.8 Å². The van der Waals surface area contributed by atoms with Crippen LogP contribution in [0.2, 0.25) is 0 Å². The van der Waals surface area contributed by atoms with Gasteiger partial charge in [-0.3, -0.25) is 0 Å². The molecule has 1 aliphatic heterocycles. The topological polar surface area (TPSA) is 9.23 Å². The first-order valence-corrected chi connectivity index (χ1v) is 10.5. The van der Waals surface area contributed by atoms with Gasteiger partial charge in [-0.2, -0.15) is 0 Å². The minimum absolute atomic E-state index is 0.163. The van der Waals surface area contributed by atoms with Gasteiger partial charge in [0.25, 0.3) is 0 Å². The van der Waals surface area contributed by atoms with Gasteiger partial charge in [0.1, 0.15) is 0 Å². The van der Waals surface area contributed by atoms with Gasteiger partial charge >= 0.3 is 0 Å². The molecule has 1 aliphatic carbocycles. The highest BCUT2D eigenvalue weighted by Crippen LogP contribution is 2.53. The largest absolute Gasteiger partial charge is 0.373 e. The van der Waals surface area contributed by atoms with E-state index in [0.717, 1.165) is 13.0 Å². The van der Waals surface area contributed by atoms with Gasteiger partial charge in [-0.05, 0) is 54.9 Å². The molecule has 4 atom stereocenters. The molecular weight excluding hydrogens is 340 g/mol. The standard InChI is InChI=1S/C27H28O/c1-18-14-19(2)16-23(15-18)27-26-22(12-13-28-27)17-21-10-6-7-11-24(21)25(26)20-8-4-3-5-9-20/h3-11,14-16,22,25-27H,12-13,17H2,1-2H3/t22-,25+,26+,27+/m1/s1. The van der Waals surface area contributed by atoms with Crippen molar-refractivity contribution in [2.24, 2.45) is 11.8 Å². The summed E-state index contributed by atoms with van der Waals surface area (Å²) in [5, 5.41) is 0. The Balaban J connectivity index is 1.67. The van der Waals surface area contributed by atoms with Crippen LogP contribution in [0.4, 0.5) is 0 Å². The van der Waals surface area contributed by atoms with Crippen molar-refractivity contribution in [3.8, 4) is 0 Å². The zero-order chi connectivity index (χ0) is 19.1. The molecule has 1 heteroatoms. The molecule has 0 aromatic heterocycles. The molecule has 0 spiro atoms. The number of hydrogen-bond donors (Lipinski definition) is 0. The van der Waals surface area contributed by atoms with Gasteiger partial charge in [0, 0.05) is 18.4 Å². The molecule has 3 aromatic carbocycles. The summed E-state index contributed by atoms with van der Waals surface area (Å²) in [6.07, 6.45) is 2.49. The van der Waals surface area contributed by atoms with Crippen LogP contribution in [-0.2, 0) is 11.2 Å². The summed E-state index contributed by atoms with van der Waals surface area (Å²) in [5.41, 5.74) is 8.45. The third kappa shape index (κ3) is 3.08. The Labute approximate surface area is 168 Å². The molecule has 0 N–H and O–H groups in total. The Kier molecular flexibility index (Phi) is 4.56. The maximum atomic E-state index is 6.51. The fourth-order valence-corrected chi connectivity index (χ4v) is 5.65. The molecule has 1 nitrogen and oxygen atoms in total. The molecule has 0 radical (unpaired) electrons. The van der Waals surface area contributed by atoms with E-state index in [1.165, 1.54) is 39.8 Å². The lowest BCUT2D eigenvalue weighted by Gasteiger charge is -2.47. The molecule has 1 saturated heterocycles. The third-order valence-corrected chi connectivity index (χ3v) is 6.67. The molecule has 0 saturated carbocycles. The van der Waals surface area contributed by atoms with Crippen molar-refractivity contribution in [3.63, 3.8) is 0 Å². The molecule has 1 heterocycles. The normalized spacial score (nSPS) is 26.4. The van der Waals surface area contributed by atoms with Crippen LogP contribution in [0.3, 0.4) is 0 Å². The zero-order valence-corrected chi connectivity index (χ0v) is 16.8. The third-order valence-electron chi connectivity index (χ3n) is 6.67. The summed E-state index contributed by atoms with van der Waals surface area (Å²) in [7, 11) is 0. The average molecular weight is 369 g/mol. The van der Waals surface area contributed by atoms with E-state index in [2.05, 4.69) is 86.6 Å². The molecule has 1 fully saturated rings. The molecule has 2 aliphatic rings. The molecule has 3 aromatic rings. The predicted octanol–water partition coefficient (Wildman–Crippen LogP) is 6.39. The van der Waals surface area contributed by atoms with Gasteiger partial charge in [-0.15, -0.1) is 0 Å². The second-order valence-electron chi connectivity index (χ2n) is 8.63. The van der Waals surface area contributed by atoms with Crippen LogP contribution >= 0.6 is 0 Å². The van der Waals surface area contributed by atoms with E-state index in [1.54, 1.807) is 0 Å². The van der Waals surface area contributed by atoms with Crippen molar-refractivity contribution in [3.05, 3.63) is 106 Å². The van der Waals surface area contributed by atoms with E-state index in [-0.39, 0.29) is 6.10 Å². The van der Waals surface area contributed by atoms with Crippen LogP contribution in [0.25, 0.3) is 0 Å². The van der Waals surface area contributed by atoms with E-state index < -0.39 is 0 Å². The van der Waals surface area contributed by atoms with E-state index >= 15 is 0 Å². The van der Waals surface area contributed by atoms with Crippen LogP contribution < -0.4 is 0 Å². The fourth-order valence-electron chi connectivity index (χ4n) is 5.65. The highest BCUT2D eigenvalue weighted by Gasteiger charge is 2.45. The van der Waals surface area contributed by atoms with Gasteiger partial charge in [0.15, 0.2) is 0 Å².